The summed E-state index contributed by atoms with van der Waals surface area (Å²) in [5.41, 5.74) is 10.2. The van der Waals surface area contributed by atoms with Crippen molar-refractivity contribution < 1.29 is 0 Å². The van der Waals surface area contributed by atoms with Crippen LogP contribution in [0.1, 0.15) is 5.56 Å². The van der Waals surface area contributed by atoms with Crippen molar-refractivity contribution >= 4 is 30.5 Å². The maximum Gasteiger partial charge on any atom is 0.144 e. The van der Waals surface area contributed by atoms with E-state index in [1.165, 1.54) is 11.1 Å². The van der Waals surface area contributed by atoms with Crippen molar-refractivity contribution in [3.05, 3.63) is 60.6 Å². The Balaban J connectivity index is 0.000001000. The number of nitrogens with zero attached hydrogens (tertiary/aromatic N) is 2. The van der Waals surface area contributed by atoms with Gasteiger partial charge in [0.25, 0.3) is 0 Å². The maximum atomic E-state index is 5.56. The second kappa shape index (κ2) is 7.29. The largest absolute Gasteiger partial charge is 0.330 e. The number of aromatic nitrogens is 2. The first-order chi connectivity index (χ1) is 8.88. The van der Waals surface area contributed by atoms with Crippen LogP contribution in [0, 0.1) is 0 Å². The Labute approximate surface area is 130 Å². The van der Waals surface area contributed by atoms with Crippen molar-refractivity contribution in [3.8, 4) is 11.1 Å². The van der Waals surface area contributed by atoms with Crippen LogP contribution in [0.5, 0.6) is 0 Å². The monoisotopic (exact) mass is 309 g/mol. The van der Waals surface area contributed by atoms with Crippen LogP contribution in [0.2, 0.25) is 0 Å². The third kappa shape index (κ3) is 3.12. The van der Waals surface area contributed by atoms with E-state index in [0.29, 0.717) is 6.54 Å². The smallest absolute Gasteiger partial charge is 0.144 e. The van der Waals surface area contributed by atoms with Gasteiger partial charge in [-0.1, -0.05) is 24.3 Å². The highest BCUT2D eigenvalue weighted by Gasteiger charge is 2.04. The highest BCUT2D eigenvalue weighted by molar-refractivity contribution is 5.85. The predicted molar refractivity (Wildman–Crippen MR) is 87.9 cm³/mol. The molecule has 3 aromatic rings. The number of nitrogens with two attached hydrogens (primary N) is 1. The average molecular weight is 310 g/mol. The molecule has 1 aromatic carbocycles. The van der Waals surface area contributed by atoms with E-state index in [2.05, 4.69) is 35.3 Å². The SMILES string of the molecule is Cl.Cl.NCCc1ccc(-c2cccn3ccnc23)cc1. The van der Waals surface area contributed by atoms with E-state index in [1.54, 1.807) is 0 Å². The van der Waals surface area contributed by atoms with E-state index in [4.69, 9.17) is 5.73 Å². The van der Waals surface area contributed by atoms with Gasteiger partial charge in [0.1, 0.15) is 5.65 Å². The molecule has 0 fully saturated rings. The molecule has 20 heavy (non-hydrogen) atoms. The first kappa shape index (κ1) is 16.5. The number of halogens is 2. The summed E-state index contributed by atoms with van der Waals surface area (Å²) in [6, 6.07) is 12.7. The molecule has 0 aliphatic rings. The minimum Gasteiger partial charge on any atom is -0.330 e. The zero-order chi connectivity index (χ0) is 12.4. The topological polar surface area (TPSA) is 43.3 Å². The summed E-state index contributed by atoms with van der Waals surface area (Å²) in [5.74, 6) is 0. The van der Waals surface area contributed by atoms with E-state index in [1.807, 2.05) is 29.1 Å². The van der Waals surface area contributed by atoms with Crippen LogP contribution in [-0.2, 0) is 6.42 Å². The van der Waals surface area contributed by atoms with E-state index >= 15 is 0 Å². The minimum absolute atomic E-state index is 0. The average Bonchev–Trinajstić information content (AvgIpc) is 2.88. The summed E-state index contributed by atoms with van der Waals surface area (Å²) >= 11 is 0. The molecule has 0 bridgehead atoms. The highest BCUT2D eigenvalue weighted by Crippen LogP contribution is 2.23. The van der Waals surface area contributed by atoms with Crippen molar-refractivity contribution in [2.45, 2.75) is 6.42 Å². The van der Waals surface area contributed by atoms with Crippen LogP contribution in [0.15, 0.2) is 55.0 Å². The fourth-order valence-corrected chi connectivity index (χ4v) is 2.19. The Hall–Kier alpha value is -1.55. The molecule has 0 unspecified atom stereocenters. The summed E-state index contributed by atoms with van der Waals surface area (Å²) in [7, 11) is 0. The van der Waals surface area contributed by atoms with Gasteiger partial charge in [-0.3, -0.25) is 0 Å². The lowest BCUT2D eigenvalue weighted by Crippen LogP contribution is -2.02. The normalized spacial score (nSPS) is 9.85. The minimum atomic E-state index is 0. The molecule has 5 heteroatoms. The van der Waals surface area contributed by atoms with E-state index in [-0.39, 0.29) is 24.8 Å². The predicted octanol–water partition coefficient (Wildman–Crippen LogP) is 3.35. The summed E-state index contributed by atoms with van der Waals surface area (Å²) < 4.78 is 2.03. The Morgan fingerprint density at radius 3 is 2.45 bits per heavy atom. The Kier molecular flexibility index (Phi) is 6.02. The summed E-state index contributed by atoms with van der Waals surface area (Å²) in [6.45, 7) is 0.690. The second-order valence-corrected chi connectivity index (χ2v) is 4.32. The van der Waals surface area contributed by atoms with Gasteiger partial charge >= 0.3 is 0 Å². The Bertz CT molecular complexity index is 662. The second-order valence-electron chi connectivity index (χ2n) is 4.32. The summed E-state index contributed by atoms with van der Waals surface area (Å²) in [4.78, 5) is 4.40. The molecule has 2 N–H and O–H groups in total. The zero-order valence-corrected chi connectivity index (χ0v) is 12.5. The molecular formula is C15H17Cl2N3. The fraction of sp³-hybridized carbons (Fsp3) is 0.133. The quantitative estimate of drug-likeness (QED) is 0.806. The van der Waals surface area contributed by atoms with Crippen molar-refractivity contribution in [2.75, 3.05) is 6.54 Å². The van der Waals surface area contributed by atoms with Crippen LogP contribution in [0.25, 0.3) is 16.8 Å². The van der Waals surface area contributed by atoms with Crippen LogP contribution in [0.4, 0.5) is 0 Å². The van der Waals surface area contributed by atoms with Gasteiger partial charge in [0.05, 0.1) is 0 Å². The molecule has 3 rings (SSSR count). The standard InChI is InChI=1S/C15H15N3.2ClH/c16-8-7-12-3-5-13(6-4-12)14-2-1-10-18-11-9-17-15(14)18;;/h1-6,9-11H,7-8,16H2;2*1H. The molecule has 2 aromatic heterocycles. The Morgan fingerprint density at radius 2 is 1.75 bits per heavy atom. The molecule has 0 aliphatic carbocycles. The van der Waals surface area contributed by atoms with Crippen molar-refractivity contribution in [2.24, 2.45) is 5.73 Å². The van der Waals surface area contributed by atoms with Crippen molar-refractivity contribution in [1.82, 2.24) is 9.38 Å². The molecule has 0 radical (unpaired) electrons. The number of pyridine rings is 1. The number of fused-ring (bicyclic) bond motifs is 1. The summed E-state index contributed by atoms with van der Waals surface area (Å²) in [5, 5.41) is 0. The fourth-order valence-electron chi connectivity index (χ4n) is 2.19. The van der Waals surface area contributed by atoms with Gasteiger partial charge < -0.3 is 10.1 Å². The third-order valence-electron chi connectivity index (χ3n) is 3.12. The first-order valence-electron chi connectivity index (χ1n) is 6.09. The van der Waals surface area contributed by atoms with Crippen molar-refractivity contribution in [1.29, 1.82) is 0 Å². The van der Waals surface area contributed by atoms with Gasteiger partial charge in [0, 0.05) is 24.2 Å². The summed E-state index contributed by atoms with van der Waals surface area (Å²) in [6.07, 6.45) is 6.71. The van der Waals surface area contributed by atoms with E-state index in [9.17, 15) is 0 Å². The van der Waals surface area contributed by atoms with Crippen molar-refractivity contribution in [3.63, 3.8) is 0 Å². The van der Waals surface area contributed by atoms with Crippen LogP contribution in [-0.4, -0.2) is 15.9 Å². The number of rotatable bonds is 3. The van der Waals surface area contributed by atoms with E-state index in [0.717, 1.165) is 17.6 Å². The molecule has 0 aliphatic heterocycles. The van der Waals surface area contributed by atoms with Gasteiger partial charge in [0.15, 0.2) is 0 Å². The molecule has 0 spiro atoms. The molecule has 2 heterocycles. The van der Waals surface area contributed by atoms with Crippen LogP contribution >= 0.6 is 24.8 Å². The third-order valence-corrected chi connectivity index (χ3v) is 3.12. The number of benzene rings is 1. The van der Waals surface area contributed by atoms with Gasteiger partial charge in [-0.2, -0.15) is 0 Å². The van der Waals surface area contributed by atoms with Gasteiger partial charge in [-0.25, -0.2) is 4.98 Å². The van der Waals surface area contributed by atoms with Gasteiger partial charge in [0.2, 0.25) is 0 Å². The number of hydrogen-bond acceptors (Lipinski definition) is 2. The number of imidazole rings is 1. The first-order valence-corrected chi connectivity index (χ1v) is 6.09. The zero-order valence-electron chi connectivity index (χ0n) is 10.9. The lowest BCUT2D eigenvalue weighted by atomic mass is 10.0. The van der Waals surface area contributed by atoms with Crippen LogP contribution in [0.3, 0.4) is 0 Å². The molecule has 0 atom stereocenters. The highest BCUT2D eigenvalue weighted by atomic mass is 35.5. The van der Waals surface area contributed by atoms with Gasteiger partial charge in [-0.05, 0) is 36.2 Å². The molecule has 3 nitrogen and oxygen atoms in total. The molecule has 0 saturated heterocycles. The molecular weight excluding hydrogens is 293 g/mol. The Morgan fingerprint density at radius 1 is 1.00 bits per heavy atom. The molecule has 0 saturated carbocycles. The molecule has 106 valence electrons. The van der Waals surface area contributed by atoms with Gasteiger partial charge in [-0.15, -0.1) is 24.8 Å². The maximum absolute atomic E-state index is 5.56. The van der Waals surface area contributed by atoms with E-state index < -0.39 is 0 Å². The molecule has 0 amide bonds. The number of hydrogen-bond donors (Lipinski definition) is 1. The van der Waals surface area contributed by atoms with Crippen LogP contribution < -0.4 is 5.73 Å². The lowest BCUT2D eigenvalue weighted by molar-refractivity contribution is 0.969. The lowest BCUT2D eigenvalue weighted by Gasteiger charge is -2.05.